The van der Waals surface area contributed by atoms with Crippen molar-refractivity contribution < 1.29 is 0 Å². The van der Waals surface area contributed by atoms with Crippen LogP contribution in [-0.2, 0) is 6.54 Å². The minimum Gasteiger partial charge on any atom is -0.356 e. The molecule has 2 fully saturated rings. The summed E-state index contributed by atoms with van der Waals surface area (Å²) < 4.78 is 0. The molecule has 2 N–H and O–H groups in total. The zero-order valence-corrected chi connectivity index (χ0v) is 12.5. The number of rotatable bonds is 2. The molecule has 0 aromatic carbocycles. The lowest BCUT2D eigenvalue weighted by atomic mass is 9.71. The molecule has 0 amide bonds. The fourth-order valence-corrected chi connectivity index (χ4v) is 3.66. The highest BCUT2D eigenvalue weighted by Crippen LogP contribution is 2.41. The van der Waals surface area contributed by atoms with Gasteiger partial charge in [0.25, 0.3) is 0 Å². The molecule has 0 bridgehead atoms. The lowest BCUT2D eigenvalue weighted by Gasteiger charge is -2.46. The third-order valence-corrected chi connectivity index (χ3v) is 5.26. The van der Waals surface area contributed by atoms with Crippen LogP contribution in [0, 0.1) is 5.41 Å². The van der Waals surface area contributed by atoms with E-state index in [0.29, 0.717) is 12.0 Å². The molecule has 0 saturated carbocycles. The number of hydrogen-bond donors (Lipinski definition) is 1. The highest BCUT2D eigenvalue weighted by Gasteiger charge is 2.37. The Morgan fingerprint density at radius 1 is 1.15 bits per heavy atom. The summed E-state index contributed by atoms with van der Waals surface area (Å²) in [6.07, 6.45) is 7.23. The van der Waals surface area contributed by atoms with Crippen LogP contribution in [-0.4, -0.2) is 43.1 Å². The van der Waals surface area contributed by atoms with Crippen molar-refractivity contribution in [2.75, 3.05) is 38.1 Å². The van der Waals surface area contributed by atoms with E-state index in [1.165, 1.54) is 44.3 Å². The Hall–Kier alpha value is -1.13. The van der Waals surface area contributed by atoms with Crippen molar-refractivity contribution in [1.82, 2.24) is 9.88 Å². The average molecular weight is 274 g/mol. The van der Waals surface area contributed by atoms with Gasteiger partial charge in [-0.15, -0.1) is 0 Å². The normalized spacial score (nSPS) is 23.2. The van der Waals surface area contributed by atoms with E-state index in [-0.39, 0.29) is 0 Å². The Morgan fingerprint density at radius 2 is 1.80 bits per heavy atom. The number of anilines is 1. The van der Waals surface area contributed by atoms with E-state index < -0.39 is 0 Å². The number of piperidine rings is 2. The lowest BCUT2D eigenvalue weighted by Crippen LogP contribution is -2.46. The number of nitrogens with two attached hydrogens (primary N) is 1. The van der Waals surface area contributed by atoms with Crippen LogP contribution < -0.4 is 10.6 Å². The smallest absolute Gasteiger partial charge is 0.132 e. The predicted octanol–water partition coefficient (Wildman–Crippen LogP) is 1.85. The molecule has 4 nitrogen and oxygen atoms in total. The van der Waals surface area contributed by atoms with Crippen LogP contribution in [0.3, 0.4) is 0 Å². The predicted molar refractivity (Wildman–Crippen MR) is 82.7 cm³/mol. The van der Waals surface area contributed by atoms with Gasteiger partial charge < -0.3 is 15.5 Å². The van der Waals surface area contributed by atoms with Gasteiger partial charge in [0, 0.05) is 31.4 Å². The molecule has 0 atom stereocenters. The van der Waals surface area contributed by atoms with E-state index in [1.54, 1.807) is 0 Å². The summed E-state index contributed by atoms with van der Waals surface area (Å²) in [4.78, 5) is 9.45. The summed E-state index contributed by atoms with van der Waals surface area (Å²) in [5.74, 6) is 1.11. The molecule has 1 spiro atoms. The van der Waals surface area contributed by atoms with Gasteiger partial charge in [-0.1, -0.05) is 6.07 Å². The van der Waals surface area contributed by atoms with Gasteiger partial charge in [0.1, 0.15) is 5.82 Å². The first-order valence-electron chi connectivity index (χ1n) is 7.80. The Kier molecular flexibility index (Phi) is 3.94. The van der Waals surface area contributed by atoms with Crippen molar-refractivity contribution in [2.24, 2.45) is 11.1 Å². The third kappa shape index (κ3) is 2.67. The molecule has 2 saturated heterocycles. The van der Waals surface area contributed by atoms with E-state index >= 15 is 0 Å². The van der Waals surface area contributed by atoms with Crippen LogP contribution in [0.5, 0.6) is 0 Å². The van der Waals surface area contributed by atoms with E-state index in [2.05, 4.69) is 27.9 Å². The van der Waals surface area contributed by atoms with E-state index in [9.17, 15) is 0 Å². The first-order valence-corrected chi connectivity index (χ1v) is 7.80. The number of hydrogen-bond acceptors (Lipinski definition) is 4. The average Bonchev–Trinajstić information content (AvgIpc) is 2.51. The highest BCUT2D eigenvalue weighted by atomic mass is 15.2. The van der Waals surface area contributed by atoms with Crippen LogP contribution in [0.25, 0.3) is 0 Å². The summed E-state index contributed by atoms with van der Waals surface area (Å²) in [5.41, 5.74) is 7.61. The second-order valence-electron chi connectivity index (χ2n) is 6.48. The maximum atomic E-state index is 5.84. The zero-order chi connectivity index (χ0) is 14.0. The van der Waals surface area contributed by atoms with Crippen molar-refractivity contribution in [1.29, 1.82) is 0 Å². The Balaban J connectivity index is 1.66. The Bertz CT molecular complexity index is 442. The molecule has 110 valence electrons. The van der Waals surface area contributed by atoms with Gasteiger partial charge >= 0.3 is 0 Å². The van der Waals surface area contributed by atoms with Gasteiger partial charge in [-0.3, -0.25) is 0 Å². The van der Waals surface area contributed by atoms with Crippen molar-refractivity contribution >= 4 is 5.82 Å². The number of aromatic nitrogens is 1. The summed E-state index contributed by atoms with van der Waals surface area (Å²) in [6, 6.07) is 4.08. The molecule has 4 heteroatoms. The fourth-order valence-electron chi connectivity index (χ4n) is 3.66. The second kappa shape index (κ2) is 5.70. The molecule has 20 heavy (non-hydrogen) atoms. The monoisotopic (exact) mass is 274 g/mol. The Morgan fingerprint density at radius 3 is 2.45 bits per heavy atom. The molecule has 0 aliphatic carbocycles. The van der Waals surface area contributed by atoms with E-state index in [0.717, 1.165) is 18.9 Å². The molecule has 2 aliphatic rings. The fraction of sp³-hybridized carbons (Fsp3) is 0.688. The van der Waals surface area contributed by atoms with Crippen LogP contribution in [0.1, 0.15) is 31.2 Å². The van der Waals surface area contributed by atoms with Crippen LogP contribution >= 0.6 is 0 Å². The first-order chi connectivity index (χ1) is 9.72. The maximum Gasteiger partial charge on any atom is 0.132 e. The number of pyridine rings is 1. The molecule has 3 rings (SSSR count). The standard InChI is InChI=1S/C16H26N4/c1-19-9-4-16(5-10-19)6-11-20(12-7-16)15-14(13-17)3-2-8-18-15/h2-3,8H,4-7,9-13,17H2,1H3. The first kappa shape index (κ1) is 13.8. The molecule has 1 aromatic heterocycles. The summed E-state index contributed by atoms with van der Waals surface area (Å²) in [7, 11) is 2.24. The third-order valence-electron chi connectivity index (χ3n) is 5.26. The van der Waals surface area contributed by atoms with Crippen LogP contribution in [0.15, 0.2) is 18.3 Å². The molecule has 0 unspecified atom stereocenters. The van der Waals surface area contributed by atoms with Gasteiger partial charge in [0.2, 0.25) is 0 Å². The minimum atomic E-state index is 0.579. The number of likely N-dealkylation sites (tertiary alicyclic amines) is 1. The summed E-state index contributed by atoms with van der Waals surface area (Å²) in [6.45, 7) is 5.37. The molecule has 2 aliphatic heterocycles. The van der Waals surface area contributed by atoms with Crippen molar-refractivity contribution in [3.8, 4) is 0 Å². The summed E-state index contributed by atoms with van der Waals surface area (Å²) in [5, 5.41) is 0. The Labute approximate surface area is 122 Å². The molecule has 3 heterocycles. The quantitative estimate of drug-likeness (QED) is 0.894. The van der Waals surface area contributed by atoms with Gasteiger partial charge in [-0.2, -0.15) is 0 Å². The molecule has 0 radical (unpaired) electrons. The number of nitrogens with zero attached hydrogens (tertiary/aromatic N) is 3. The highest BCUT2D eigenvalue weighted by molar-refractivity contribution is 5.47. The second-order valence-corrected chi connectivity index (χ2v) is 6.48. The van der Waals surface area contributed by atoms with Gasteiger partial charge in [-0.05, 0) is 57.3 Å². The van der Waals surface area contributed by atoms with Crippen LogP contribution in [0.2, 0.25) is 0 Å². The van der Waals surface area contributed by atoms with Crippen molar-refractivity contribution in [2.45, 2.75) is 32.2 Å². The molecular weight excluding hydrogens is 248 g/mol. The molecule has 1 aromatic rings. The SMILES string of the molecule is CN1CCC2(CC1)CCN(c1ncccc1CN)CC2. The minimum absolute atomic E-state index is 0.579. The maximum absolute atomic E-state index is 5.84. The van der Waals surface area contributed by atoms with Gasteiger partial charge in [-0.25, -0.2) is 4.98 Å². The van der Waals surface area contributed by atoms with Crippen LogP contribution in [0.4, 0.5) is 5.82 Å². The topological polar surface area (TPSA) is 45.4 Å². The van der Waals surface area contributed by atoms with E-state index in [1.807, 2.05) is 12.3 Å². The lowest BCUT2D eigenvalue weighted by molar-refractivity contribution is 0.0943. The largest absolute Gasteiger partial charge is 0.356 e. The molecular formula is C16H26N4. The summed E-state index contributed by atoms with van der Waals surface area (Å²) >= 11 is 0. The van der Waals surface area contributed by atoms with E-state index in [4.69, 9.17) is 5.73 Å². The van der Waals surface area contributed by atoms with Gasteiger partial charge in [0.05, 0.1) is 0 Å². The van der Waals surface area contributed by atoms with Crippen molar-refractivity contribution in [3.63, 3.8) is 0 Å². The van der Waals surface area contributed by atoms with Gasteiger partial charge in [0.15, 0.2) is 0 Å². The zero-order valence-electron chi connectivity index (χ0n) is 12.5. The van der Waals surface area contributed by atoms with Crippen molar-refractivity contribution in [3.05, 3.63) is 23.9 Å².